The van der Waals surface area contributed by atoms with Crippen molar-refractivity contribution < 1.29 is 14.7 Å². The van der Waals surface area contributed by atoms with Gasteiger partial charge in [-0.1, -0.05) is 0 Å². The Kier molecular flexibility index (Phi) is 5.27. The van der Waals surface area contributed by atoms with Crippen molar-refractivity contribution in [1.82, 2.24) is 9.88 Å². The van der Waals surface area contributed by atoms with Crippen molar-refractivity contribution in [3.8, 4) is 0 Å². The first-order valence-corrected chi connectivity index (χ1v) is 7.01. The maximum Gasteiger partial charge on any atom is 0.326 e. The molecule has 5 nitrogen and oxygen atoms in total. The molecule has 0 aliphatic heterocycles. The minimum Gasteiger partial charge on any atom is -0.480 e. The van der Waals surface area contributed by atoms with E-state index in [-0.39, 0.29) is 5.91 Å². The molecule has 0 bridgehead atoms. The molecule has 1 rings (SSSR count). The molecule has 0 unspecified atom stereocenters. The van der Waals surface area contributed by atoms with E-state index in [0.29, 0.717) is 17.7 Å². The average Bonchev–Trinajstić information content (AvgIpc) is 2.65. The number of aliphatic carboxylic acids is 1. The zero-order valence-electron chi connectivity index (χ0n) is 10.8. The van der Waals surface area contributed by atoms with Gasteiger partial charge in [0.1, 0.15) is 6.04 Å². The summed E-state index contributed by atoms with van der Waals surface area (Å²) >= 11 is 1.56. The van der Waals surface area contributed by atoms with Crippen molar-refractivity contribution >= 4 is 23.6 Å². The van der Waals surface area contributed by atoms with Gasteiger partial charge in [0.15, 0.2) is 0 Å². The first-order valence-electron chi connectivity index (χ1n) is 5.62. The third kappa shape index (κ3) is 3.53. The molecule has 1 heterocycles. The van der Waals surface area contributed by atoms with Gasteiger partial charge in [-0.2, -0.15) is 11.8 Å². The molecule has 0 saturated carbocycles. The smallest absolute Gasteiger partial charge is 0.326 e. The van der Waals surface area contributed by atoms with Gasteiger partial charge in [0, 0.05) is 18.9 Å². The van der Waals surface area contributed by atoms with Crippen LogP contribution in [0.4, 0.5) is 0 Å². The third-order valence-electron chi connectivity index (χ3n) is 2.84. The van der Waals surface area contributed by atoms with Crippen molar-refractivity contribution in [2.24, 2.45) is 7.05 Å². The second-order valence-corrected chi connectivity index (χ2v) is 5.06. The van der Waals surface area contributed by atoms with Gasteiger partial charge < -0.3 is 15.0 Å². The van der Waals surface area contributed by atoms with E-state index in [1.54, 1.807) is 24.0 Å². The lowest BCUT2D eigenvalue weighted by Gasteiger charge is -2.13. The number of nitrogens with one attached hydrogen (secondary N) is 1. The highest BCUT2D eigenvalue weighted by Crippen LogP contribution is 2.09. The number of rotatable bonds is 6. The van der Waals surface area contributed by atoms with Crippen LogP contribution in [0.3, 0.4) is 0 Å². The SMILES string of the molecule is CSCC[C@H](NC(=O)c1ccn(C)c1C)C(=O)O. The Labute approximate surface area is 111 Å². The fourth-order valence-corrected chi connectivity index (χ4v) is 2.05. The molecule has 1 atom stereocenters. The second-order valence-electron chi connectivity index (χ2n) is 4.07. The molecule has 1 amide bonds. The minimum absolute atomic E-state index is 0.332. The number of carboxylic acid groups (broad SMARTS) is 1. The normalized spacial score (nSPS) is 12.2. The van der Waals surface area contributed by atoms with Crippen LogP contribution in [-0.4, -0.2) is 39.6 Å². The van der Waals surface area contributed by atoms with Crippen LogP contribution in [0.1, 0.15) is 22.5 Å². The summed E-state index contributed by atoms with van der Waals surface area (Å²) in [6.07, 6.45) is 4.11. The van der Waals surface area contributed by atoms with Crippen LogP contribution in [-0.2, 0) is 11.8 Å². The molecule has 0 radical (unpaired) electrons. The molecule has 0 saturated heterocycles. The molecule has 0 fully saturated rings. The van der Waals surface area contributed by atoms with E-state index in [9.17, 15) is 9.59 Å². The second kappa shape index (κ2) is 6.49. The van der Waals surface area contributed by atoms with Gasteiger partial charge in [-0.3, -0.25) is 4.79 Å². The summed E-state index contributed by atoms with van der Waals surface area (Å²) in [6.45, 7) is 1.83. The average molecular weight is 270 g/mol. The van der Waals surface area contributed by atoms with Gasteiger partial charge in [0.2, 0.25) is 0 Å². The molecule has 1 aromatic heterocycles. The van der Waals surface area contributed by atoms with Crippen molar-refractivity contribution in [3.05, 3.63) is 23.5 Å². The zero-order chi connectivity index (χ0) is 13.7. The summed E-state index contributed by atoms with van der Waals surface area (Å²) in [5.74, 6) is -0.627. The van der Waals surface area contributed by atoms with Gasteiger partial charge in [0.25, 0.3) is 5.91 Å². The third-order valence-corrected chi connectivity index (χ3v) is 3.49. The molecule has 2 N–H and O–H groups in total. The summed E-state index contributed by atoms with van der Waals surface area (Å²) in [5.41, 5.74) is 1.34. The van der Waals surface area contributed by atoms with Crippen molar-refractivity contribution in [2.45, 2.75) is 19.4 Å². The Morgan fingerprint density at radius 3 is 2.67 bits per heavy atom. The van der Waals surface area contributed by atoms with Gasteiger partial charge in [-0.15, -0.1) is 0 Å². The number of carboxylic acids is 1. The first kappa shape index (κ1) is 14.6. The van der Waals surface area contributed by atoms with E-state index in [1.807, 2.05) is 24.8 Å². The lowest BCUT2D eigenvalue weighted by atomic mass is 10.2. The van der Waals surface area contributed by atoms with Crippen LogP contribution in [0.2, 0.25) is 0 Å². The Balaban J connectivity index is 2.72. The molecule has 18 heavy (non-hydrogen) atoms. The molecule has 100 valence electrons. The van der Waals surface area contributed by atoms with Crippen LogP contribution in [0.5, 0.6) is 0 Å². The number of thioether (sulfide) groups is 1. The number of aryl methyl sites for hydroxylation is 1. The number of aromatic nitrogens is 1. The van der Waals surface area contributed by atoms with Gasteiger partial charge in [-0.05, 0) is 31.4 Å². The molecule has 0 spiro atoms. The van der Waals surface area contributed by atoms with Crippen LogP contribution in [0, 0.1) is 6.92 Å². The Bertz CT molecular complexity index is 443. The summed E-state index contributed by atoms with van der Waals surface area (Å²) in [5, 5.41) is 11.6. The highest BCUT2D eigenvalue weighted by atomic mass is 32.2. The molecule has 1 aromatic rings. The number of carbonyl (C=O) groups excluding carboxylic acids is 1. The predicted octanol–water partition coefficient (Wildman–Crippen LogP) is 1.27. The summed E-state index contributed by atoms with van der Waals surface area (Å²) in [7, 11) is 1.84. The molecular formula is C12H18N2O3S. The Morgan fingerprint density at radius 2 is 2.22 bits per heavy atom. The summed E-state index contributed by atoms with van der Waals surface area (Å²) in [4.78, 5) is 23.0. The maximum atomic E-state index is 12.0. The highest BCUT2D eigenvalue weighted by Gasteiger charge is 2.21. The molecule has 0 aliphatic rings. The quantitative estimate of drug-likeness (QED) is 0.816. The summed E-state index contributed by atoms with van der Waals surface area (Å²) < 4.78 is 1.83. The Hall–Kier alpha value is -1.43. The van der Waals surface area contributed by atoms with Crippen molar-refractivity contribution in [2.75, 3.05) is 12.0 Å². The highest BCUT2D eigenvalue weighted by molar-refractivity contribution is 7.98. The standard InChI is InChI=1S/C12H18N2O3S/c1-8-9(4-6-14(8)2)11(15)13-10(12(16)17)5-7-18-3/h4,6,10H,5,7H2,1-3H3,(H,13,15)(H,16,17)/t10-/m0/s1. The van der Waals surface area contributed by atoms with Gasteiger partial charge in [-0.25, -0.2) is 4.79 Å². The van der Waals surface area contributed by atoms with E-state index in [2.05, 4.69) is 5.32 Å². The lowest BCUT2D eigenvalue weighted by molar-refractivity contribution is -0.139. The minimum atomic E-state index is -0.994. The van der Waals surface area contributed by atoms with Gasteiger partial charge in [0.05, 0.1) is 5.56 Å². The summed E-state index contributed by atoms with van der Waals surface area (Å²) in [6, 6.07) is 0.863. The fraction of sp³-hybridized carbons (Fsp3) is 0.500. The molecular weight excluding hydrogens is 252 g/mol. The van der Waals surface area contributed by atoms with E-state index < -0.39 is 12.0 Å². The lowest BCUT2D eigenvalue weighted by Crippen LogP contribution is -2.41. The van der Waals surface area contributed by atoms with Crippen LogP contribution >= 0.6 is 11.8 Å². The number of nitrogens with zero attached hydrogens (tertiary/aromatic N) is 1. The first-order chi connectivity index (χ1) is 8.47. The van der Waals surface area contributed by atoms with Crippen LogP contribution in [0.15, 0.2) is 12.3 Å². The van der Waals surface area contributed by atoms with E-state index in [4.69, 9.17) is 5.11 Å². The van der Waals surface area contributed by atoms with Crippen molar-refractivity contribution in [1.29, 1.82) is 0 Å². The van der Waals surface area contributed by atoms with E-state index in [1.165, 1.54) is 0 Å². The van der Waals surface area contributed by atoms with Gasteiger partial charge >= 0.3 is 5.97 Å². The van der Waals surface area contributed by atoms with Crippen LogP contribution in [0.25, 0.3) is 0 Å². The van der Waals surface area contributed by atoms with E-state index in [0.717, 1.165) is 5.69 Å². The van der Waals surface area contributed by atoms with Crippen LogP contribution < -0.4 is 5.32 Å². The molecule has 0 aliphatic carbocycles. The van der Waals surface area contributed by atoms with Crippen molar-refractivity contribution in [3.63, 3.8) is 0 Å². The van der Waals surface area contributed by atoms with E-state index >= 15 is 0 Å². The monoisotopic (exact) mass is 270 g/mol. The largest absolute Gasteiger partial charge is 0.480 e. The Morgan fingerprint density at radius 1 is 1.56 bits per heavy atom. The molecule has 0 aromatic carbocycles. The number of carbonyl (C=O) groups is 2. The maximum absolute atomic E-state index is 12.0. The predicted molar refractivity (Wildman–Crippen MR) is 72.0 cm³/mol. The molecule has 6 heteroatoms. The number of hydrogen-bond acceptors (Lipinski definition) is 3. The topological polar surface area (TPSA) is 71.3 Å². The fourth-order valence-electron chi connectivity index (χ4n) is 1.58. The number of hydrogen-bond donors (Lipinski definition) is 2. The zero-order valence-corrected chi connectivity index (χ0v) is 11.6. The number of amides is 1.